The van der Waals surface area contributed by atoms with Crippen molar-refractivity contribution in [2.24, 2.45) is 0 Å². The SMILES string of the molecule is COC[C@@H]1CCOC(C)O1. The summed E-state index contributed by atoms with van der Waals surface area (Å²) in [5.41, 5.74) is 0. The lowest BCUT2D eigenvalue weighted by atomic mass is 10.2. The Morgan fingerprint density at radius 3 is 3.00 bits per heavy atom. The molecule has 0 amide bonds. The minimum absolute atomic E-state index is 0.0612. The predicted octanol–water partition coefficient (Wildman–Crippen LogP) is 0.784. The van der Waals surface area contributed by atoms with Crippen molar-refractivity contribution in [2.75, 3.05) is 20.3 Å². The van der Waals surface area contributed by atoms with Gasteiger partial charge in [-0.15, -0.1) is 0 Å². The van der Waals surface area contributed by atoms with Crippen molar-refractivity contribution in [1.82, 2.24) is 0 Å². The molecule has 1 aliphatic rings. The van der Waals surface area contributed by atoms with Crippen molar-refractivity contribution in [3.63, 3.8) is 0 Å². The molecule has 60 valence electrons. The molecule has 1 aliphatic heterocycles. The van der Waals surface area contributed by atoms with Gasteiger partial charge in [-0.3, -0.25) is 0 Å². The highest BCUT2D eigenvalue weighted by molar-refractivity contribution is 4.60. The first-order valence-corrected chi connectivity index (χ1v) is 3.59. The quantitative estimate of drug-likeness (QED) is 0.576. The van der Waals surface area contributed by atoms with Crippen LogP contribution in [0.25, 0.3) is 0 Å². The second-order valence-electron chi connectivity index (χ2n) is 2.44. The first kappa shape index (κ1) is 7.98. The van der Waals surface area contributed by atoms with E-state index in [1.165, 1.54) is 0 Å². The lowest BCUT2D eigenvalue weighted by Crippen LogP contribution is -2.32. The Balaban J connectivity index is 2.18. The van der Waals surface area contributed by atoms with E-state index in [9.17, 15) is 0 Å². The van der Waals surface area contributed by atoms with Crippen LogP contribution in [0, 0.1) is 0 Å². The molecule has 2 atom stereocenters. The van der Waals surface area contributed by atoms with Crippen LogP contribution in [-0.4, -0.2) is 32.7 Å². The molecule has 1 unspecified atom stereocenters. The maximum atomic E-state index is 5.38. The van der Waals surface area contributed by atoms with Gasteiger partial charge in [0, 0.05) is 7.11 Å². The molecule has 0 aromatic heterocycles. The highest BCUT2D eigenvalue weighted by Crippen LogP contribution is 2.11. The molecule has 0 saturated carbocycles. The summed E-state index contributed by atoms with van der Waals surface area (Å²) in [6.45, 7) is 3.37. The lowest BCUT2D eigenvalue weighted by Gasteiger charge is -2.27. The van der Waals surface area contributed by atoms with Crippen LogP contribution in [0.1, 0.15) is 13.3 Å². The van der Waals surface area contributed by atoms with Crippen molar-refractivity contribution >= 4 is 0 Å². The van der Waals surface area contributed by atoms with Crippen molar-refractivity contribution in [3.8, 4) is 0 Å². The summed E-state index contributed by atoms with van der Waals surface area (Å²) in [5.74, 6) is 0. The van der Waals surface area contributed by atoms with Crippen LogP contribution in [0.5, 0.6) is 0 Å². The molecular weight excluding hydrogens is 132 g/mol. The fourth-order valence-corrected chi connectivity index (χ4v) is 1.05. The number of hydrogen-bond donors (Lipinski definition) is 0. The summed E-state index contributed by atoms with van der Waals surface area (Å²) in [4.78, 5) is 0. The van der Waals surface area contributed by atoms with Crippen LogP contribution in [0.15, 0.2) is 0 Å². The third-order valence-corrected chi connectivity index (χ3v) is 1.53. The molecule has 3 nitrogen and oxygen atoms in total. The zero-order valence-electron chi connectivity index (χ0n) is 6.50. The summed E-state index contributed by atoms with van der Waals surface area (Å²) in [7, 11) is 1.68. The lowest BCUT2D eigenvalue weighted by molar-refractivity contribution is -0.211. The molecule has 0 spiro atoms. The van der Waals surface area contributed by atoms with Gasteiger partial charge in [-0.05, 0) is 13.3 Å². The first-order chi connectivity index (χ1) is 4.83. The van der Waals surface area contributed by atoms with Crippen molar-refractivity contribution in [3.05, 3.63) is 0 Å². The van der Waals surface area contributed by atoms with Crippen LogP contribution < -0.4 is 0 Å². The second kappa shape index (κ2) is 3.91. The fraction of sp³-hybridized carbons (Fsp3) is 1.00. The van der Waals surface area contributed by atoms with E-state index in [1.54, 1.807) is 7.11 Å². The van der Waals surface area contributed by atoms with Crippen LogP contribution in [-0.2, 0) is 14.2 Å². The van der Waals surface area contributed by atoms with Gasteiger partial charge in [0.25, 0.3) is 0 Å². The molecule has 0 aromatic rings. The van der Waals surface area contributed by atoms with Crippen molar-refractivity contribution < 1.29 is 14.2 Å². The number of ether oxygens (including phenoxy) is 3. The largest absolute Gasteiger partial charge is 0.382 e. The van der Waals surface area contributed by atoms with E-state index >= 15 is 0 Å². The van der Waals surface area contributed by atoms with E-state index in [0.29, 0.717) is 6.61 Å². The van der Waals surface area contributed by atoms with Crippen molar-refractivity contribution in [1.29, 1.82) is 0 Å². The Bertz CT molecular complexity index is 92.9. The molecule has 0 aliphatic carbocycles. The minimum atomic E-state index is -0.0612. The zero-order chi connectivity index (χ0) is 7.40. The van der Waals surface area contributed by atoms with E-state index in [4.69, 9.17) is 14.2 Å². The van der Waals surface area contributed by atoms with Gasteiger partial charge in [-0.25, -0.2) is 0 Å². The van der Waals surface area contributed by atoms with E-state index in [1.807, 2.05) is 6.92 Å². The molecule has 0 N–H and O–H groups in total. The van der Waals surface area contributed by atoms with Crippen LogP contribution >= 0.6 is 0 Å². The molecule has 1 saturated heterocycles. The average molecular weight is 146 g/mol. The van der Waals surface area contributed by atoms with E-state index < -0.39 is 0 Å². The first-order valence-electron chi connectivity index (χ1n) is 3.59. The van der Waals surface area contributed by atoms with Crippen molar-refractivity contribution in [2.45, 2.75) is 25.7 Å². The summed E-state index contributed by atoms with van der Waals surface area (Å²) >= 11 is 0. The number of rotatable bonds is 2. The third kappa shape index (κ3) is 2.25. The van der Waals surface area contributed by atoms with Gasteiger partial charge in [0.2, 0.25) is 0 Å². The van der Waals surface area contributed by atoms with Gasteiger partial charge < -0.3 is 14.2 Å². The zero-order valence-corrected chi connectivity index (χ0v) is 6.50. The Morgan fingerprint density at radius 2 is 2.40 bits per heavy atom. The molecule has 1 rings (SSSR count). The van der Waals surface area contributed by atoms with Crippen LogP contribution in [0.4, 0.5) is 0 Å². The molecule has 1 fully saturated rings. The second-order valence-corrected chi connectivity index (χ2v) is 2.44. The molecular formula is C7H14O3. The van der Waals surface area contributed by atoms with Gasteiger partial charge >= 0.3 is 0 Å². The molecule has 3 heteroatoms. The van der Waals surface area contributed by atoms with E-state index in [0.717, 1.165) is 13.0 Å². The maximum Gasteiger partial charge on any atom is 0.155 e. The van der Waals surface area contributed by atoms with Crippen LogP contribution in [0.3, 0.4) is 0 Å². The molecule has 10 heavy (non-hydrogen) atoms. The number of hydrogen-bond acceptors (Lipinski definition) is 3. The average Bonchev–Trinajstić information content (AvgIpc) is 1.88. The third-order valence-electron chi connectivity index (χ3n) is 1.53. The summed E-state index contributed by atoms with van der Waals surface area (Å²) in [6, 6.07) is 0. The van der Waals surface area contributed by atoms with E-state index in [-0.39, 0.29) is 12.4 Å². The molecule has 0 aromatic carbocycles. The van der Waals surface area contributed by atoms with Gasteiger partial charge in [0.1, 0.15) is 0 Å². The Morgan fingerprint density at radius 1 is 1.60 bits per heavy atom. The van der Waals surface area contributed by atoms with Gasteiger partial charge in [-0.1, -0.05) is 0 Å². The van der Waals surface area contributed by atoms with Gasteiger partial charge in [0.15, 0.2) is 6.29 Å². The smallest absolute Gasteiger partial charge is 0.155 e. The molecule has 1 heterocycles. The monoisotopic (exact) mass is 146 g/mol. The minimum Gasteiger partial charge on any atom is -0.382 e. The normalized spacial score (nSPS) is 34.2. The molecule has 0 radical (unpaired) electrons. The maximum absolute atomic E-state index is 5.38. The Hall–Kier alpha value is -0.120. The van der Waals surface area contributed by atoms with Gasteiger partial charge in [-0.2, -0.15) is 0 Å². The Kier molecular flexibility index (Phi) is 3.12. The number of methoxy groups -OCH3 is 1. The fourth-order valence-electron chi connectivity index (χ4n) is 1.05. The molecule has 0 bridgehead atoms. The topological polar surface area (TPSA) is 27.7 Å². The summed E-state index contributed by atoms with van der Waals surface area (Å²) < 4.78 is 15.5. The van der Waals surface area contributed by atoms with Crippen LogP contribution in [0.2, 0.25) is 0 Å². The Labute approximate surface area is 61.3 Å². The highest BCUT2D eigenvalue weighted by Gasteiger charge is 2.18. The predicted molar refractivity (Wildman–Crippen MR) is 36.8 cm³/mol. The van der Waals surface area contributed by atoms with E-state index in [2.05, 4.69) is 0 Å². The standard InChI is InChI=1S/C7H14O3/c1-6-9-4-3-7(10-6)5-8-2/h6-7H,3-5H2,1-2H3/t6?,7-/m0/s1. The van der Waals surface area contributed by atoms with Gasteiger partial charge in [0.05, 0.1) is 19.3 Å². The summed E-state index contributed by atoms with van der Waals surface area (Å²) in [5, 5.41) is 0. The summed E-state index contributed by atoms with van der Waals surface area (Å²) in [6.07, 6.45) is 1.11. The highest BCUT2D eigenvalue weighted by atomic mass is 16.7.